The number of benzene rings is 1. The van der Waals surface area contributed by atoms with Gasteiger partial charge in [-0.15, -0.1) is 0 Å². The zero-order valence-corrected chi connectivity index (χ0v) is 18.4. The molecule has 0 aromatic heterocycles. The van der Waals surface area contributed by atoms with E-state index in [0.717, 1.165) is 36.8 Å². The maximum Gasteiger partial charge on any atom is 0.341 e. The Morgan fingerprint density at radius 2 is 1.93 bits per heavy atom. The number of amidine groups is 1. The highest BCUT2D eigenvalue weighted by Crippen LogP contribution is 2.34. The number of fused-ring (bicyclic) bond motifs is 1. The highest BCUT2D eigenvalue weighted by molar-refractivity contribution is 5.96. The highest BCUT2D eigenvalue weighted by Gasteiger charge is 2.46. The molecule has 1 heterocycles. The third kappa shape index (κ3) is 4.94. The number of hydroxylamine groups is 2. The summed E-state index contributed by atoms with van der Waals surface area (Å²) in [6, 6.07) is 5.73. The molecule has 2 unspecified atom stereocenters. The van der Waals surface area contributed by atoms with E-state index in [1.807, 2.05) is 19.9 Å². The van der Waals surface area contributed by atoms with Gasteiger partial charge in [-0.25, -0.2) is 15.8 Å². The summed E-state index contributed by atoms with van der Waals surface area (Å²) in [6.45, 7) is 5.41. The van der Waals surface area contributed by atoms with Gasteiger partial charge in [-0.3, -0.25) is 15.1 Å². The van der Waals surface area contributed by atoms with Crippen molar-refractivity contribution in [2.45, 2.75) is 83.5 Å². The SMILES string of the molecule is CC.CON(C(=N)c1ccc2c(c1)CCC(C(C)(ON)C(=O)O)O2)C1CCCCC1. The molecule has 1 aliphatic heterocycles. The van der Waals surface area contributed by atoms with E-state index in [2.05, 4.69) is 0 Å². The molecule has 1 aliphatic carbocycles. The lowest BCUT2D eigenvalue weighted by Gasteiger charge is -2.36. The molecule has 1 saturated carbocycles. The molecule has 8 nitrogen and oxygen atoms in total. The van der Waals surface area contributed by atoms with Crippen molar-refractivity contribution in [1.82, 2.24) is 5.06 Å². The van der Waals surface area contributed by atoms with Crippen LogP contribution >= 0.6 is 0 Å². The van der Waals surface area contributed by atoms with Crippen LogP contribution in [0.25, 0.3) is 0 Å². The Morgan fingerprint density at radius 3 is 2.50 bits per heavy atom. The third-order valence-electron chi connectivity index (χ3n) is 5.89. The first kappa shape index (κ1) is 24.1. The lowest BCUT2D eigenvalue weighted by atomic mass is 9.90. The largest absolute Gasteiger partial charge is 0.486 e. The molecule has 0 bridgehead atoms. The minimum Gasteiger partial charge on any atom is -0.486 e. The minimum atomic E-state index is -1.61. The Balaban J connectivity index is 0.00000155. The topological polar surface area (TPSA) is 118 Å². The number of rotatable bonds is 6. The van der Waals surface area contributed by atoms with E-state index in [9.17, 15) is 9.90 Å². The van der Waals surface area contributed by atoms with Gasteiger partial charge in [-0.2, -0.15) is 0 Å². The van der Waals surface area contributed by atoms with Crippen molar-refractivity contribution < 1.29 is 24.3 Å². The molecule has 4 N–H and O–H groups in total. The van der Waals surface area contributed by atoms with Gasteiger partial charge in [0, 0.05) is 5.56 Å². The molecule has 2 atom stereocenters. The second kappa shape index (κ2) is 10.7. The molecule has 30 heavy (non-hydrogen) atoms. The van der Waals surface area contributed by atoms with Crippen LogP contribution in [0.5, 0.6) is 5.75 Å². The van der Waals surface area contributed by atoms with Gasteiger partial charge in [0.2, 0.25) is 5.60 Å². The molecule has 1 fully saturated rings. The monoisotopic (exact) mass is 421 g/mol. The summed E-state index contributed by atoms with van der Waals surface area (Å²) in [6.07, 6.45) is 5.99. The van der Waals surface area contributed by atoms with Gasteiger partial charge in [-0.05, 0) is 56.4 Å². The molecule has 0 amide bonds. The number of ether oxygens (including phenoxy) is 1. The summed E-state index contributed by atoms with van der Waals surface area (Å²) in [5, 5.41) is 19.7. The van der Waals surface area contributed by atoms with Crippen LogP contribution in [0.15, 0.2) is 18.2 Å². The summed E-state index contributed by atoms with van der Waals surface area (Å²) >= 11 is 0. The standard InChI is InChI=1S/C20H29N3O5.C2H6/c1-20(28-22,19(24)25)17-11-9-13-12-14(8-10-16(13)27-17)18(21)23(26-2)15-6-4-3-5-7-15;1-2/h8,10,12,15,17,21H,3-7,9,11,22H2,1-2H3,(H,24,25);1-2H3. The Kier molecular flexibility index (Phi) is 8.64. The van der Waals surface area contributed by atoms with Gasteiger partial charge in [0.1, 0.15) is 11.9 Å². The number of nitrogens with zero attached hydrogens (tertiary/aromatic N) is 1. The number of hydrogen-bond acceptors (Lipinski definition) is 6. The van der Waals surface area contributed by atoms with E-state index in [-0.39, 0.29) is 6.04 Å². The molecule has 168 valence electrons. The normalized spacial score (nSPS) is 20.6. The predicted octanol–water partition coefficient (Wildman–Crippen LogP) is 3.66. The van der Waals surface area contributed by atoms with Crippen LogP contribution in [0, 0.1) is 5.41 Å². The number of aliphatic carboxylic acids is 1. The first-order valence-electron chi connectivity index (χ1n) is 10.7. The van der Waals surface area contributed by atoms with E-state index in [0.29, 0.717) is 24.4 Å². The van der Waals surface area contributed by atoms with Crippen LogP contribution < -0.4 is 10.6 Å². The van der Waals surface area contributed by atoms with Crippen molar-refractivity contribution in [3.8, 4) is 5.75 Å². The molecule has 8 heteroatoms. The fourth-order valence-corrected chi connectivity index (χ4v) is 4.05. The van der Waals surface area contributed by atoms with Crippen LogP contribution in [0.4, 0.5) is 0 Å². The Bertz CT molecular complexity index is 735. The van der Waals surface area contributed by atoms with Crippen LogP contribution in [0.2, 0.25) is 0 Å². The van der Waals surface area contributed by atoms with Gasteiger partial charge in [0.25, 0.3) is 0 Å². The molecular formula is C22H35N3O5. The number of carbonyl (C=O) groups is 1. The molecular weight excluding hydrogens is 386 g/mol. The summed E-state index contributed by atoms with van der Waals surface area (Å²) in [7, 11) is 1.61. The van der Waals surface area contributed by atoms with Gasteiger partial charge < -0.3 is 9.84 Å². The van der Waals surface area contributed by atoms with Gasteiger partial charge in [0.05, 0.1) is 13.2 Å². The number of nitrogens with two attached hydrogens (primary N) is 1. The first-order valence-corrected chi connectivity index (χ1v) is 10.7. The molecule has 3 rings (SSSR count). The van der Waals surface area contributed by atoms with Crippen LogP contribution in [0.1, 0.15) is 70.4 Å². The zero-order valence-electron chi connectivity index (χ0n) is 18.4. The number of aryl methyl sites for hydroxylation is 1. The van der Waals surface area contributed by atoms with Gasteiger partial charge in [-0.1, -0.05) is 33.1 Å². The number of carboxylic acids is 1. The van der Waals surface area contributed by atoms with Crippen molar-refractivity contribution in [3.63, 3.8) is 0 Å². The summed E-state index contributed by atoms with van der Waals surface area (Å²) in [5.74, 6) is 5.00. The van der Waals surface area contributed by atoms with Crippen LogP contribution in [-0.2, 0) is 20.9 Å². The molecule has 0 spiro atoms. The van der Waals surface area contributed by atoms with Crippen molar-refractivity contribution in [2.75, 3.05) is 7.11 Å². The van der Waals surface area contributed by atoms with E-state index in [1.165, 1.54) is 13.3 Å². The van der Waals surface area contributed by atoms with Gasteiger partial charge >= 0.3 is 5.97 Å². The molecule has 0 radical (unpaired) electrons. The maximum atomic E-state index is 11.5. The number of nitrogens with one attached hydrogen (secondary N) is 1. The third-order valence-corrected chi connectivity index (χ3v) is 5.89. The second-order valence-corrected chi connectivity index (χ2v) is 7.65. The fraction of sp³-hybridized carbons (Fsp3) is 0.636. The summed E-state index contributed by atoms with van der Waals surface area (Å²) in [5.41, 5.74) is 0.0731. The van der Waals surface area contributed by atoms with Crippen LogP contribution in [0.3, 0.4) is 0 Å². The molecule has 1 aromatic rings. The van der Waals surface area contributed by atoms with Crippen molar-refractivity contribution in [2.24, 2.45) is 5.90 Å². The minimum absolute atomic E-state index is 0.223. The Labute approximate surface area is 178 Å². The first-order chi connectivity index (χ1) is 14.4. The number of hydrogen-bond donors (Lipinski definition) is 3. The smallest absolute Gasteiger partial charge is 0.341 e. The summed E-state index contributed by atoms with van der Waals surface area (Å²) < 4.78 is 5.89. The lowest BCUT2D eigenvalue weighted by molar-refractivity contribution is -0.179. The Hall–Kier alpha value is -2.16. The second-order valence-electron chi connectivity index (χ2n) is 7.65. The fourth-order valence-electron chi connectivity index (χ4n) is 4.05. The van der Waals surface area contributed by atoms with Crippen molar-refractivity contribution in [3.05, 3.63) is 29.3 Å². The molecule has 2 aliphatic rings. The average molecular weight is 422 g/mol. The summed E-state index contributed by atoms with van der Waals surface area (Å²) in [4.78, 5) is 21.8. The predicted molar refractivity (Wildman–Crippen MR) is 114 cm³/mol. The van der Waals surface area contributed by atoms with E-state index < -0.39 is 17.7 Å². The van der Waals surface area contributed by atoms with E-state index in [1.54, 1.807) is 24.3 Å². The van der Waals surface area contributed by atoms with Crippen molar-refractivity contribution in [1.29, 1.82) is 5.41 Å². The lowest BCUT2D eigenvalue weighted by Crippen LogP contribution is -2.54. The van der Waals surface area contributed by atoms with Crippen molar-refractivity contribution >= 4 is 11.8 Å². The highest BCUT2D eigenvalue weighted by atomic mass is 16.7. The van der Waals surface area contributed by atoms with E-state index in [4.69, 9.17) is 25.7 Å². The Morgan fingerprint density at radius 1 is 1.27 bits per heavy atom. The van der Waals surface area contributed by atoms with E-state index >= 15 is 0 Å². The number of carboxylic acid groups (broad SMARTS) is 1. The maximum absolute atomic E-state index is 11.5. The molecule has 0 saturated heterocycles. The van der Waals surface area contributed by atoms with Crippen LogP contribution in [-0.4, -0.2) is 46.8 Å². The van der Waals surface area contributed by atoms with Gasteiger partial charge in [0.15, 0.2) is 5.84 Å². The molecule has 1 aromatic carbocycles. The zero-order chi connectivity index (χ0) is 22.3. The quantitative estimate of drug-likeness (QED) is 0.364. The average Bonchev–Trinajstić information content (AvgIpc) is 2.80.